The molecular weight excluding hydrogens is 270 g/mol. The molecule has 1 aromatic carbocycles. The smallest absolute Gasteiger partial charge is 0.218 e. The lowest BCUT2D eigenvalue weighted by molar-refractivity contribution is -0.135. The van der Waals surface area contributed by atoms with Crippen LogP contribution >= 0.6 is 11.8 Å². The van der Waals surface area contributed by atoms with Gasteiger partial charge in [-0.2, -0.15) is 0 Å². The number of hydrogen-bond donors (Lipinski definition) is 0. The van der Waals surface area contributed by atoms with E-state index in [1.54, 1.807) is 0 Å². The molecule has 0 unspecified atom stereocenters. The predicted molar refractivity (Wildman–Crippen MR) is 84.7 cm³/mol. The summed E-state index contributed by atoms with van der Waals surface area (Å²) in [5.41, 5.74) is 0. The molecule has 4 heteroatoms. The van der Waals surface area contributed by atoms with Crippen molar-refractivity contribution >= 4 is 25.9 Å². The zero-order valence-corrected chi connectivity index (χ0v) is 14.3. The Labute approximate surface area is 121 Å². The standard InChI is InChI=1S/C15H23NOSSi/c1-15(2,3)19(4,5)16-13(17)11-14(16)18-12-9-7-6-8-10-12/h6-10,14H,11H2,1-5H3/t14-/m1/s1. The van der Waals surface area contributed by atoms with E-state index in [9.17, 15) is 4.79 Å². The van der Waals surface area contributed by atoms with E-state index in [-0.39, 0.29) is 5.04 Å². The van der Waals surface area contributed by atoms with Crippen LogP contribution in [0.2, 0.25) is 18.1 Å². The van der Waals surface area contributed by atoms with Gasteiger partial charge in [-0.3, -0.25) is 4.79 Å². The molecule has 1 atom stereocenters. The minimum absolute atomic E-state index is 0.207. The largest absolute Gasteiger partial charge is 0.357 e. The summed E-state index contributed by atoms with van der Waals surface area (Å²) in [6.07, 6.45) is 0.687. The van der Waals surface area contributed by atoms with E-state index < -0.39 is 8.24 Å². The highest BCUT2D eigenvalue weighted by atomic mass is 32.2. The number of thioether (sulfide) groups is 1. The Balaban J connectivity index is 2.15. The second kappa shape index (κ2) is 4.98. The molecule has 0 spiro atoms. The van der Waals surface area contributed by atoms with E-state index in [0.29, 0.717) is 17.7 Å². The van der Waals surface area contributed by atoms with E-state index >= 15 is 0 Å². The van der Waals surface area contributed by atoms with Gasteiger partial charge in [0.1, 0.15) is 0 Å². The molecule has 1 heterocycles. The average molecular weight is 294 g/mol. The van der Waals surface area contributed by atoms with Gasteiger partial charge in [-0.05, 0) is 17.2 Å². The van der Waals surface area contributed by atoms with E-state index in [1.807, 2.05) is 17.8 Å². The van der Waals surface area contributed by atoms with Gasteiger partial charge < -0.3 is 4.57 Å². The van der Waals surface area contributed by atoms with Gasteiger partial charge in [0.15, 0.2) is 8.24 Å². The summed E-state index contributed by atoms with van der Waals surface area (Å²) in [6, 6.07) is 10.4. The number of benzene rings is 1. The van der Waals surface area contributed by atoms with Crippen molar-refractivity contribution in [1.29, 1.82) is 0 Å². The van der Waals surface area contributed by atoms with E-state index in [0.717, 1.165) is 0 Å². The molecule has 1 aliphatic heterocycles. The average Bonchev–Trinajstić information content (AvgIpc) is 2.27. The Morgan fingerprint density at radius 2 is 1.79 bits per heavy atom. The van der Waals surface area contributed by atoms with Gasteiger partial charge in [0.25, 0.3) is 0 Å². The molecular formula is C15H23NOSSi. The molecule has 0 aromatic heterocycles. The van der Waals surface area contributed by atoms with Gasteiger partial charge in [-0.1, -0.05) is 52.1 Å². The van der Waals surface area contributed by atoms with Crippen molar-refractivity contribution in [3.8, 4) is 0 Å². The van der Waals surface area contributed by atoms with Crippen LogP contribution in [0, 0.1) is 0 Å². The first-order valence-corrected chi connectivity index (χ1v) is 10.6. The number of rotatable bonds is 3. The molecule has 1 saturated heterocycles. The van der Waals surface area contributed by atoms with Crippen LogP contribution in [0.4, 0.5) is 0 Å². The molecule has 1 aromatic rings. The summed E-state index contributed by atoms with van der Waals surface area (Å²) in [5.74, 6) is 0.333. The number of hydrogen-bond acceptors (Lipinski definition) is 2. The highest BCUT2D eigenvalue weighted by Crippen LogP contribution is 2.46. The van der Waals surface area contributed by atoms with Crippen molar-refractivity contribution in [1.82, 2.24) is 4.57 Å². The summed E-state index contributed by atoms with van der Waals surface area (Å²) in [7, 11) is -1.74. The fourth-order valence-corrected chi connectivity index (χ4v) is 6.45. The second-order valence-electron chi connectivity index (χ2n) is 6.66. The van der Waals surface area contributed by atoms with Crippen molar-refractivity contribution in [3.05, 3.63) is 30.3 Å². The summed E-state index contributed by atoms with van der Waals surface area (Å²) in [4.78, 5) is 13.3. The maximum atomic E-state index is 12.1. The Hall–Kier alpha value is -0.743. The van der Waals surface area contributed by atoms with Gasteiger partial charge in [0.2, 0.25) is 5.91 Å². The van der Waals surface area contributed by atoms with Crippen molar-refractivity contribution in [2.45, 2.75) is 55.6 Å². The minimum atomic E-state index is -1.74. The Morgan fingerprint density at radius 1 is 1.21 bits per heavy atom. The maximum Gasteiger partial charge on any atom is 0.218 e. The molecule has 0 radical (unpaired) electrons. The number of amides is 1. The molecule has 1 amide bonds. The summed E-state index contributed by atoms with van der Waals surface area (Å²) in [6.45, 7) is 11.4. The van der Waals surface area contributed by atoms with E-state index in [2.05, 4.69) is 62.7 Å². The van der Waals surface area contributed by atoms with Gasteiger partial charge >= 0.3 is 0 Å². The third-order valence-electron chi connectivity index (χ3n) is 4.36. The van der Waals surface area contributed by atoms with Crippen molar-refractivity contribution in [3.63, 3.8) is 0 Å². The fraction of sp³-hybridized carbons (Fsp3) is 0.533. The molecule has 2 nitrogen and oxygen atoms in total. The first-order chi connectivity index (χ1) is 8.73. The van der Waals surface area contributed by atoms with Crippen LogP contribution in [0.15, 0.2) is 35.2 Å². The van der Waals surface area contributed by atoms with E-state index in [1.165, 1.54) is 4.90 Å². The molecule has 104 valence electrons. The Bertz CT molecular complexity index is 467. The lowest BCUT2D eigenvalue weighted by Crippen LogP contribution is -2.67. The van der Waals surface area contributed by atoms with E-state index in [4.69, 9.17) is 0 Å². The predicted octanol–water partition coefficient (Wildman–Crippen LogP) is 4.34. The van der Waals surface area contributed by atoms with Gasteiger partial charge in [0, 0.05) is 4.90 Å². The van der Waals surface area contributed by atoms with Crippen molar-refractivity contribution in [2.75, 3.05) is 0 Å². The molecule has 1 aliphatic rings. The van der Waals surface area contributed by atoms with Crippen LogP contribution < -0.4 is 0 Å². The maximum absolute atomic E-state index is 12.1. The SMILES string of the molecule is CC(C)(C)[Si](C)(C)N1C(=O)C[C@H]1Sc1ccccc1. The summed E-state index contributed by atoms with van der Waals surface area (Å²) < 4.78 is 2.20. The topological polar surface area (TPSA) is 20.3 Å². The number of carbonyl (C=O) groups excluding carboxylic acids is 1. The van der Waals surface area contributed by atoms with Crippen LogP contribution in [-0.2, 0) is 4.79 Å². The first kappa shape index (κ1) is 14.7. The third-order valence-corrected chi connectivity index (χ3v) is 11.2. The fourth-order valence-electron chi connectivity index (χ4n) is 2.17. The first-order valence-electron chi connectivity index (χ1n) is 6.77. The highest BCUT2D eigenvalue weighted by Gasteiger charge is 2.51. The monoisotopic (exact) mass is 293 g/mol. The Kier molecular flexibility index (Phi) is 3.84. The number of carbonyl (C=O) groups is 1. The third kappa shape index (κ3) is 2.74. The van der Waals surface area contributed by atoms with Crippen molar-refractivity contribution in [2.24, 2.45) is 0 Å². The lowest BCUT2D eigenvalue weighted by atomic mass is 10.2. The molecule has 0 aliphatic carbocycles. The van der Waals surface area contributed by atoms with Crippen LogP contribution in [-0.4, -0.2) is 24.1 Å². The van der Waals surface area contributed by atoms with Crippen LogP contribution in [0.3, 0.4) is 0 Å². The quantitative estimate of drug-likeness (QED) is 0.610. The van der Waals surface area contributed by atoms with Gasteiger partial charge in [-0.25, -0.2) is 0 Å². The number of β-lactam (4-membered cyclic amide) rings is 1. The zero-order valence-electron chi connectivity index (χ0n) is 12.4. The molecule has 0 saturated carbocycles. The molecule has 19 heavy (non-hydrogen) atoms. The molecule has 0 N–H and O–H groups in total. The molecule has 0 bridgehead atoms. The number of nitrogens with zero attached hydrogens (tertiary/aromatic N) is 1. The van der Waals surface area contributed by atoms with Crippen LogP contribution in [0.5, 0.6) is 0 Å². The lowest BCUT2D eigenvalue weighted by Gasteiger charge is -2.54. The normalized spacial score (nSPS) is 20.4. The Morgan fingerprint density at radius 3 is 2.26 bits per heavy atom. The van der Waals surface area contributed by atoms with Crippen LogP contribution in [0.1, 0.15) is 27.2 Å². The second-order valence-corrected chi connectivity index (χ2v) is 13.0. The molecule has 2 rings (SSSR count). The minimum Gasteiger partial charge on any atom is -0.357 e. The highest BCUT2D eigenvalue weighted by molar-refractivity contribution is 8.00. The van der Waals surface area contributed by atoms with Gasteiger partial charge in [-0.15, -0.1) is 11.8 Å². The summed E-state index contributed by atoms with van der Waals surface area (Å²) in [5, 5.41) is 0.536. The molecule has 1 fully saturated rings. The van der Waals surface area contributed by atoms with Gasteiger partial charge in [0.05, 0.1) is 11.8 Å². The zero-order chi connectivity index (χ0) is 14.3. The van der Waals surface area contributed by atoms with Crippen LogP contribution in [0.25, 0.3) is 0 Å². The van der Waals surface area contributed by atoms with Crippen molar-refractivity contribution < 1.29 is 4.79 Å². The summed E-state index contributed by atoms with van der Waals surface area (Å²) >= 11 is 1.83.